The third kappa shape index (κ3) is 3.18. The van der Waals surface area contributed by atoms with Gasteiger partial charge in [-0.05, 0) is 39.5 Å². The monoisotopic (exact) mass is 344 g/mol. The van der Waals surface area contributed by atoms with Gasteiger partial charge in [0.25, 0.3) is 0 Å². The van der Waals surface area contributed by atoms with Gasteiger partial charge in [0.05, 0.1) is 22.8 Å². The Balaban J connectivity index is 2.04. The molecule has 94 valence electrons. The van der Waals surface area contributed by atoms with Crippen molar-refractivity contribution in [3.8, 4) is 0 Å². The molecule has 0 amide bonds. The number of nitrogens with zero attached hydrogens (tertiary/aromatic N) is 1. The molecule has 0 radical (unpaired) electrons. The summed E-state index contributed by atoms with van der Waals surface area (Å²) < 4.78 is 5.73. The number of hydrogen-bond acceptors (Lipinski definition) is 6. The number of esters is 1. The largest absolute Gasteiger partial charge is 0.465 e. The van der Waals surface area contributed by atoms with Gasteiger partial charge in [0.2, 0.25) is 0 Å². The highest BCUT2D eigenvalue weighted by Crippen LogP contribution is 2.23. The lowest BCUT2D eigenvalue weighted by molar-refractivity contribution is 0.0607. The fraction of sp³-hybridized carbons (Fsp3) is 0.0909. The molecule has 0 aromatic carbocycles. The van der Waals surface area contributed by atoms with Crippen molar-refractivity contribution in [2.75, 3.05) is 12.5 Å². The van der Waals surface area contributed by atoms with Crippen molar-refractivity contribution in [2.45, 2.75) is 0 Å². The molecule has 0 fully saturated rings. The van der Waals surface area contributed by atoms with Gasteiger partial charge in [0, 0.05) is 4.88 Å². The maximum atomic E-state index is 11.4. The lowest BCUT2D eigenvalue weighted by Crippen LogP contribution is -2.01. The Morgan fingerprint density at radius 3 is 3.00 bits per heavy atom. The third-order valence-corrected chi connectivity index (χ3v) is 4.46. The Hall–Kier alpha value is -1.18. The SMILES string of the molecule is COC(=O)c1sccc1NN=Cc1ccc(Br)s1. The van der Waals surface area contributed by atoms with Crippen LogP contribution in [0.15, 0.2) is 32.5 Å². The number of hydrogen-bond donors (Lipinski definition) is 1. The summed E-state index contributed by atoms with van der Waals surface area (Å²) in [6.45, 7) is 0. The van der Waals surface area contributed by atoms with Gasteiger partial charge in [-0.25, -0.2) is 4.79 Å². The normalized spacial score (nSPS) is 10.8. The van der Waals surface area contributed by atoms with Crippen LogP contribution in [-0.2, 0) is 4.74 Å². The van der Waals surface area contributed by atoms with Crippen LogP contribution >= 0.6 is 38.6 Å². The first-order valence-corrected chi connectivity index (χ1v) is 7.40. The molecule has 0 saturated carbocycles. The van der Waals surface area contributed by atoms with Gasteiger partial charge in [0.1, 0.15) is 4.88 Å². The molecule has 0 atom stereocenters. The van der Waals surface area contributed by atoms with E-state index in [4.69, 9.17) is 0 Å². The zero-order valence-electron chi connectivity index (χ0n) is 9.34. The number of carbonyl (C=O) groups is 1. The molecule has 2 rings (SSSR count). The van der Waals surface area contributed by atoms with E-state index >= 15 is 0 Å². The van der Waals surface area contributed by atoms with Gasteiger partial charge in [-0.3, -0.25) is 5.43 Å². The van der Waals surface area contributed by atoms with E-state index in [1.807, 2.05) is 17.5 Å². The zero-order valence-corrected chi connectivity index (χ0v) is 12.6. The van der Waals surface area contributed by atoms with Crippen LogP contribution in [0.3, 0.4) is 0 Å². The van der Waals surface area contributed by atoms with E-state index in [0.29, 0.717) is 10.6 Å². The number of methoxy groups -OCH3 is 1. The minimum atomic E-state index is -0.360. The van der Waals surface area contributed by atoms with Crippen molar-refractivity contribution >= 4 is 56.5 Å². The predicted octanol–water partition coefficient (Wildman–Crippen LogP) is 3.80. The van der Waals surface area contributed by atoms with Crippen molar-refractivity contribution in [1.29, 1.82) is 0 Å². The van der Waals surface area contributed by atoms with E-state index in [2.05, 4.69) is 31.2 Å². The summed E-state index contributed by atoms with van der Waals surface area (Å²) in [5, 5.41) is 5.90. The Morgan fingerprint density at radius 1 is 1.50 bits per heavy atom. The van der Waals surface area contributed by atoms with E-state index in [1.54, 1.807) is 23.6 Å². The summed E-state index contributed by atoms with van der Waals surface area (Å²) in [6.07, 6.45) is 1.70. The highest BCUT2D eigenvalue weighted by Gasteiger charge is 2.12. The molecule has 0 unspecified atom stereocenters. The molecule has 2 aromatic rings. The van der Waals surface area contributed by atoms with Gasteiger partial charge in [0.15, 0.2) is 0 Å². The van der Waals surface area contributed by atoms with Crippen LogP contribution in [0.25, 0.3) is 0 Å². The fourth-order valence-corrected chi connectivity index (χ4v) is 3.27. The van der Waals surface area contributed by atoms with Gasteiger partial charge in [-0.15, -0.1) is 22.7 Å². The highest BCUT2D eigenvalue weighted by molar-refractivity contribution is 9.11. The second-order valence-corrected chi connectivity index (χ2v) is 6.58. The Kier molecular flexibility index (Phi) is 4.51. The van der Waals surface area contributed by atoms with Crippen LogP contribution in [-0.4, -0.2) is 19.3 Å². The molecule has 18 heavy (non-hydrogen) atoms. The Labute approximate surface area is 120 Å². The molecule has 0 spiro atoms. The van der Waals surface area contributed by atoms with E-state index in [9.17, 15) is 4.79 Å². The quantitative estimate of drug-likeness (QED) is 0.521. The highest BCUT2D eigenvalue weighted by atomic mass is 79.9. The summed E-state index contributed by atoms with van der Waals surface area (Å²) in [5.74, 6) is -0.360. The zero-order chi connectivity index (χ0) is 13.0. The first kappa shape index (κ1) is 13.3. The molecule has 0 saturated heterocycles. The van der Waals surface area contributed by atoms with Crippen LogP contribution in [0.1, 0.15) is 14.5 Å². The molecule has 0 aliphatic heterocycles. The summed E-state index contributed by atoms with van der Waals surface area (Å²) in [4.78, 5) is 13.0. The molecule has 4 nitrogen and oxygen atoms in total. The van der Waals surface area contributed by atoms with Gasteiger partial charge < -0.3 is 4.74 Å². The number of halogens is 1. The summed E-state index contributed by atoms with van der Waals surface area (Å²) >= 11 is 6.27. The molecule has 2 aromatic heterocycles. The summed E-state index contributed by atoms with van der Waals surface area (Å²) in [7, 11) is 1.36. The minimum Gasteiger partial charge on any atom is -0.465 e. The minimum absolute atomic E-state index is 0.360. The average Bonchev–Trinajstić information content (AvgIpc) is 2.98. The number of ether oxygens (including phenoxy) is 1. The number of nitrogens with one attached hydrogen (secondary N) is 1. The van der Waals surface area contributed by atoms with E-state index in [0.717, 1.165) is 8.66 Å². The van der Waals surface area contributed by atoms with Crippen molar-refractivity contribution in [3.63, 3.8) is 0 Å². The van der Waals surface area contributed by atoms with Crippen molar-refractivity contribution in [2.24, 2.45) is 5.10 Å². The molecule has 1 N–H and O–H groups in total. The maximum absolute atomic E-state index is 11.4. The van der Waals surface area contributed by atoms with Crippen LogP contribution in [0.4, 0.5) is 5.69 Å². The van der Waals surface area contributed by atoms with E-state index in [1.165, 1.54) is 18.4 Å². The topological polar surface area (TPSA) is 50.7 Å². The summed E-state index contributed by atoms with van der Waals surface area (Å²) in [5.41, 5.74) is 3.49. The maximum Gasteiger partial charge on any atom is 0.350 e. The average molecular weight is 345 g/mol. The number of carbonyl (C=O) groups excluding carboxylic acids is 1. The van der Waals surface area contributed by atoms with Crippen molar-refractivity contribution in [3.05, 3.63) is 37.1 Å². The first-order chi connectivity index (χ1) is 8.70. The molecular weight excluding hydrogens is 336 g/mol. The van der Waals surface area contributed by atoms with Crippen LogP contribution in [0, 0.1) is 0 Å². The molecule has 0 aliphatic carbocycles. The fourth-order valence-electron chi connectivity index (χ4n) is 1.21. The van der Waals surface area contributed by atoms with Crippen LogP contribution < -0.4 is 5.43 Å². The smallest absolute Gasteiger partial charge is 0.350 e. The molecule has 2 heterocycles. The number of anilines is 1. The Bertz CT molecular complexity index is 577. The van der Waals surface area contributed by atoms with Gasteiger partial charge >= 0.3 is 5.97 Å². The second-order valence-electron chi connectivity index (χ2n) is 3.17. The molecule has 7 heteroatoms. The first-order valence-electron chi connectivity index (χ1n) is 4.91. The summed E-state index contributed by atoms with van der Waals surface area (Å²) in [6, 6.07) is 5.70. The van der Waals surface area contributed by atoms with E-state index in [-0.39, 0.29) is 5.97 Å². The molecular formula is C11H9BrN2O2S2. The Morgan fingerprint density at radius 2 is 2.33 bits per heavy atom. The van der Waals surface area contributed by atoms with Gasteiger partial charge in [-0.1, -0.05) is 0 Å². The molecule has 0 aliphatic rings. The number of rotatable bonds is 4. The predicted molar refractivity (Wildman–Crippen MR) is 78.9 cm³/mol. The lowest BCUT2D eigenvalue weighted by atomic mass is 10.4. The van der Waals surface area contributed by atoms with Gasteiger partial charge in [-0.2, -0.15) is 5.10 Å². The standard InChI is InChI=1S/C11H9BrN2O2S2/c1-16-11(15)10-8(4-5-17-10)14-13-6-7-2-3-9(12)18-7/h2-6,14H,1H3. The second kappa shape index (κ2) is 6.12. The molecule has 0 bridgehead atoms. The third-order valence-electron chi connectivity index (χ3n) is 2.01. The lowest BCUT2D eigenvalue weighted by Gasteiger charge is -2.00. The van der Waals surface area contributed by atoms with Crippen LogP contribution in [0.2, 0.25) is 0 Å². The van der Waals surface area contributed by atoms with Crippen molar-refractivity contribution in [1.82, 2.24) is 0 Å². The van der Waals surface area contributed by atoms with Crippen molar-refractivity contribution < 1.29 is 9.53 Å². The van der Waals surface area contributed by atoms with E-state index < -0.39 is 0 Å². The number of thiophene rings is 2. The van der Waals surface area contributed by atoms with Crippen LogP contribution in [0.5, 0.6) is 0 Å². The number of hydrazone groups is 1.